The highest BCUT2D eigenvalue weighted by Crippen LogP contribution is 2.43. The summed E-state index contributed by atoms with van der Waals surface area (Å²) in [7, 11) is 0. The van der Waals surface area contributed by atoms with E-state index in [9.17, 15) is 0 Å². The van der Waals surface area contributed by atoms with Gasteiger partial charge in [0.05, 0.1) is 27.8 Å². The molecule has 0 aliphatic heterocycles. The second-order valence-electron chi connectivity index (χ2n) is 14.9. The van der Waals surface area contributed by atoms with Gasteiger partial charge in [0.25, 0.3) is 0 Å². The van der Waals surface area contributed by atoms with Gasteiger partial charge in [-0.05, 0) is 94.5 Å². The van der Waals surface area contributed by atoms with Crippen LogP contribution >= 0.6 is 0 Å². The molecule has 0 spiro atoms. The summed E-state index contributed by atoms with van der Waals surface area (Å²) >= 11 is 0. The van der Waals surface area contributed by atoms with Crippen molar-refractivity contribution < 1.29 is 4.42 Å². The van der Waals surface area contributed by atoms with Crippen molar-refractivity contribution in [2.24, 2.45) is 0 Å². The van der Waals surface area contributed by atoms with Gasteiger partial charge in [0.2, 0.25) is 0 Å². The Kier molecular flexibility index (Phi) is 6.93. The van der Waals surface area contributed by atoms with Crippen LogP contribution in [-0.2, 0) is 0 Å². The SMILES string of the molecule is c1ccc(-c2ccccc2-n2c3ccccc3c3cc(-c4ccc5c(c4)c4c(-c6ccccc6)cccc4n5-c4ccc5oc6ccccc6c5c4)ccc32)cc1. The topological polar surface area (TPSA) is 23.0 Å². The van der Waals surface area contributed by atoms with Crippen LogP contribution in [0.1, 0.15) is 0 Å². The van der Waals surface area contributed by atoms with Gasteiger partial charge in [-0.1, -0.05) is 140 Å². The summed E-state index contributed by atoms with van der Waals surface area (Å²) < 4.78 is 11.1. The average molecular weight is 727 g/mol. The molecule has 12 aromatic rings. The van der Waals surface area contributed by atoms with Gasteiger partial charge in [0, 0.05) is 43.6 Å². The zero-order chi connectivity index (χ0) is 37.5. The zero-order valence-electron chi connectivity index (χ0n) is 30.9. The minimum atomic E-state index is 0.897. The van der Waals surface area contributed by atoms with Crippen LogP contribution in [-0.4, -0.2) is 9.13 Å². The van der Waals surface area contributed by atoms with E-state index in [2.05, 4.69) is 203 Å². The van der Waals surface area contributed by atoms with Crippen LogP contribution in [0.5, 0.6) is 0 Å². The van der Waals surface area contributed by atoms with Crippen molar-refractivity contribution in [3.63, 3.8) is 0 Å². The standard InChI is InChI=1S/C54H34N2O/c1-3-14-35(15-4-1)40-18-7-10-22-47(40)56-48-23-11-8-19-42(48)44-32-37(26-29-49(44)56)38-27-30-50-46(33-38)54-41(36-16-5-2-6-17-36)21-13-24-51(54)55(50)39-28-31-53-45(34-39)43-20-9-12-25-52(43)57-53/h1-34H. The van der Waals surface area contributed by atoms with Crippen LogP contribution in [0.3, 0.4) is 0 Å². The van der Waals surface area contributed by atoms with Crippen LogP contribution in [0, 0.1) is 0 Å². The molecule has 0 atom stereocenters. The number of rotatable bonds is 5. The highest BCUT2D eigenvalue weighted by Gasteiger charge is 2.20. The monoisotopic (exact) mass is 726 g/mol. The van der Waals surface area contributed by atoms with E-state index >= 15 is 0 Å². The quantitative estimate of drug-likeness (QED) is 0.173. The Morgan fingerprint density at radius 1 is 0.298 bits per heavy atom. The minimum absolute atomic E-state index is 0.897. The van der Waals surface area contributed by atoms with Gasteiger partial charge in [0.1, 0.15) is 11.2 Å². The predicted molar refractivity (Wildman–Crippen MR) is 239 cm³/mol. The van der Waals surface area contributed by atoms with Gasteiger partial charge < -0.3 is 13.6 Å². The molecule has 3 nitrogen and oxygen atoms in total. The molecule has 0 aliphatic rings. The molecule has 3 heterocycles. The summed E-state index contributed by atoms with van der Waals surface area (Å²) in [6, 6.07) is 74.5. The molecule has 3 aromatic heterocycles. The maximum atomic E-state index is 6.24. The van der Waals surface area contributed by atoms with E-state index in [1.165, 1.54) is 82.7 Å². The van der Waals surface area contributed by atoms with Crippen LogP contribution in [0.25, 0.3) is 110 Å². The molecule has 12 rings (SSSR count). The maximum absolute atomic E-state index is 6.24. The smallest absolute Gasteiger partial charge is 0.135 e. The Labute approximate surface area is 328 Å². The van der Waals surface area contributed by atoms with E-state index < -0.39 is 0 Å². The molecular weight excluding hydrogens is 693 g/mol. The molecule has 0 bridgehead atoms. The Morgan fingerprint density at radius 2 is 0.877 bits per heavy atom. The molecule has 266 valence electrons. The average Bonchev–Trinajstić information content (AvgIpc) is 3.94. The number of benzene rings is 9. The van der Waals surface area contributed by atoms with Crippen LogP contribution in [0.4, 0.5) is 0 Å². The number of para-hydroxylation sites is 3. The Hall–Kier alpha value is -7.62. The normalized spacial score (nSPS) is 11.9. The molecule has 0 saturated carbocycles. The largest absolute Gasteiger partial charge is 0.456 e. The van der Waals surface area contributed by atoms with E-state index in [1.807, 2.05) is 12.1 Å². The first-order valence-electron chi connectivity index (χ1n) is 19.5. The van der Waals surface area contributed by atoms with Crippen molar-refractivity contribution in [3.8, 4) is 44.8 Å². The molecule has 0 radical (unpaired) electrons. The fraction of sp³-hybridized carbons (Fsp3) is 0. The number of furan rings is 1. The number of hydrogen-bond donors (Lipinski definition) is 0. The lowest BCUT2D eigenvalue weighted by Gasteiger charge is -2.14. The van der Waals surface area contributed by atoms with Gasteiger partial charge in [-0.3, -0.25) is 0 Å². The van der Waals surface area contributed by atoms with E-state index in [-0.39, 0.29) is 0 Å². The third kappa shape index (κ3) is 4.86. The van der Waals surface area contributed by atoms with Crippen molar-refractivity contribution in [2.75, 3.05) is 0 Å². The number of hydrogen-bond acceptors (Lipinski definition) is 1. The van der Waals surface area contributed by atoms with E-state index in [0.717, 1.165) is 27.6 Å². The van der Waals surface area contributed by atoms with Crippen LogP contribution in [0.15, 0.2) is 211 Å². The fourth-order valence-electron chi connectivity index (χ4n) is 9.18. The molecule has 0 aliphatic carbocycles. The lowest BCUT2D eigenvalue weighted by atomic mass is 9.97. The van der Waals surface area contributed by atoms with Crippen molar-refractivity contribution in [3.05, 3.63) is 206 Å². The van der Waals surface area contributed by atoms with E-state index in [0.29, 0.717) is 0 Å². The molecule has 0 unspecified atom stereocenters. The summed E-state index contributed by atoms with van der Waals surface area (Å²) in [5.74, 6) is 0. The van der Waals surface area contributed by atoms with Crippen molar-refractivity contribution in [1.82, 2.24) is 9.13 Å². The summed E-state index contributed by atoms with van der Waals surface area (Å²) in [6.45, 7) is 0. The van der Waals surface area contributed by atoms with Gasteiger partial charge in [0.15, 0.2) is 0 Å². The van der Waals surface area contributed by atoms with Crippen LogP contribution < -0.4 is 0 Å². The second-order valence-corrected chi connectivity index (χ2v) is 14.9. The molecule has 0 saturated heterocycles. The van der Waals surface area contributed by atoms with Crippen molar-refractivity contribution in [1.29, 1.82) is 0 Å². The molecule has 0 N–H and O–H groups in total. The van der Waals surface area contributed by atoms with Crippen molar-refractivity contribution >= 4 is 65.6 Å². The van der Waals surface area contributed by atoms with Crippen LogP contribution in [0.2, 0.25) is 0 Å². The van der Waals surface area contributed by atoms with Gasteiger partial charge in [-0.25, -0.2) is 0 Å². The third-order valence-corrected chi connectivity index (χ3v) is 11.7. The third-order valence-electron chi connectivity index (χ3n) is 11.7. The first-order chi connectivity index (χ1) is 28.3. The van der Waals surface area contributed by atoms with Crippen molar-refractivity contribution in [2.45, 2.75) is 0 Å². The Bertz CT molecular complexity index is 3510. The number of aromatic nitrogens is 2. The number of fused-ring (bicyclic) bond motifs is 9. The molecular formula is C54H34N2O. The van der Waals surface area contributed by atoms with Gasteiger partial charge in [-0.2, -0.15) is 0 Å². The van der Waals surface area contributed by atoms with E-state index in [1.54, 1.807) is 0 Å². The summed E-state index contributed by atoms with van der Waals surface area (Å²) in [5, 5.41) is 7.18. The Morgan fingerprint density at radius 3 is 1.68 bits per heavy atom. The predicted octanol–water partition coefficient (Wildman–Crippen LogP) is 14.8. The fourth-order valence-corrected chi connectivity index (χ4v) is 9.18. The molecule has 0 amide bonds. The Balaban J connectivity index is 1.09. The molecule has 9 aromatic carbocycles. The molecule has 3 heteroatoms. The van der Waals surface area contributed by atoms with Gasteiger partial charge in [-0.15, -0.1) is 0 Å². The molecule has 0 fully saturated rings. The lowest BCUT2D eigenvalue weighted by Crippen LogP contribution is -1.97. The maximum Gasteiger partial charge on any atom is 0.135 e. The highest BCUT2D eigenvalue weighted by molar-refractivity contribution is 6.17. The summed E-state index contributed by atoms with van der Waals surface area (Å²) in [6.07, 6.45) is 0. The minimum Gasteiger partial charge on any atom is -0.456 e. The zero-order valence-corrected chi connectivity index (χ0v) is 30.9. The summed E-state index contributed by atoms with van der Waals surface area (Å²) in [5.41, 5.74) is 16.0. The first-order valence-corrected chi connectivity index (χ1v) is 19.5. The van der Waals surface area contributed by atoms with E-state index in [4.69, 9.17) is 4.42 Å². The number of nitrogens with zero attached hydrogens (tertiary/aromatic N) is 2. The lowest BCUT2D eigenvalue weighted by molar-refractivity contribution is 0.669. The summed E-state index contributed by atoms with van der Waals surface area (Å²) in [4.78, 5) is 0. The first kappa shape index (κ1) is 31.7. The molecule has 57 heavy (non-hydrogen) atoms. The van der Waals surface area contributed by atoms with Gasteiger partial charge >= 0.3 is 0 Å². The highest BCUT2D eigenvalue weighted by atomic mass is 16.3. The second kappa shape index (κ2) is 12.5.